The van der Waals surface area contributed by atoms with Crippen LogP contribution in [-0.2, 0) is 4.79 Å². The van der Waals surface area contributed by atoms with Crippen LogP contribution in [-0.4, -0.2) is 42.0 Å². The predicted molar refractivity (Wildman–Crippen MR) is 67.9 cm³/mol. The highest BCUT2D eigenvalue weighted by Gasteiger charge is 2.19. The van der Waals surface area contributed by atoms with Gasteiger partial charge in [0.15, 0.2) is 0 Å². The monoisotopic (exact) mass is 234 g/mol. The van der Waals surface area contributed by atoms with Crippen LogP contribution in [0, 0.1) is 6.92 Å². The summed E-state index contributed by atoms with van der Waals surface area (Å²) >= 11 is 0. The highest BCUT2D eigenvalue weighted by molar-refractivity contribution is 5.73. The third kappa shape index (κ3) is 2.49. The number of rotatable bonds is 1. The lowest BCUT2D eigenvalue weighted by Crippen LogP contribution is -2.48. The van der Waals surface area contributed by atoms with E-state index in [0.29, 0.717) is 5.82 Å². The second kappa shape index (κ2) is 4.61. The molecule has 0 unspecified atom stereocenters. The Labute approximate surface area is 101 Å². The van der Waals surface area contributed by atoms with Crippen LogP contribution >= 0.6 is 0 Å². The molecule has 0 radical (unpaired) electrons. The summed E-state index contributed by atoms with van der Waals surface area (Å²) in [5.74, 6) is 0.699. The van der Waals surface area contributed by atoms with E-state index in [1.165, 1.54) is 0 Å². The Morgan fingerprint density at radius 2 is 2.00 bits per heavy atom. The first-order chi connectivity index (χ1) is 8.08. The number of nitrogen functional groups attached to an aromatic ring is 1. The van der Waals surface area contributed by atoms with Crippen molar-refractivity contribution in [3.8, 4) is 0 Å². The molecule has 92 valence electrons. The number of nitrogens with zero attached hydrogens (tertiary/aromatic N) is 3. The van der Waals surface area contributed by atoms with Crippen molar-refractivity contribution in [2.75, 3.05) is 36.8 Å². The highest BCUT2D eigenvalue weighted by Crippen LogP contribution is 2.21. The SMILES string of the molecule is CC(=O)N1CCN(c2cnc(N)cc2C)CC1. The maximum atomic E-state index is 11.2. The molecule has 1 amide bonds. The van der Waals surface area contributed by atoms with Gasteiger partial charge in [-0.25, -0.2) is 4.98 Å². The molecule has 5 heteroatoms. The van der Waals surface area contributed by atoms with Gasteiger partial charge in [0.2, 0.25) is 5.91 Å². The maximum Gasteiger partial charge on any atom is 0.219 e. The minimum atomic E-state index is 0.150. The van der Waals surface area contributed by atoms with Crippen LogP contribution < -0.4 is 10.6 Å². The zero-order valence-electron chi connectivity index (χ0n) is 10.3. The van der Waals surface area contributed by atoms with Crippen molar-refractivity contribution in [2.45, 2.75) is 13.8 Å². The van der Waals surface area contributed by atoms with Gasteiger partial charge in [0.25, 0.3) is 0 Å². The summed E-state index contributed by atoms with van der Waals surface area (Å²) in [7, 11) is 0. The number of amides is 1. The zero-order valence-corrected chi connectivity index (χ0v) is 10.3. The van der Waals surface area contributed by atoms with Crippen molar-refractivity contribution < 1.29 is 4.79 Å². The Morgan fingerprint density at radius 3 is 2.53 bits per heavy atom. The Balaban J connectivity index is 2.08. The van der Waals surface area contributed by atoms with E-state index in [2.05, 4.69) is 9.88 Å². The number of carbonyl (C=O) groups is 1. The van der Waals surface area contributed by atoms with Crippen molar-refractivity contribution in [1.82, 2.24) is 9.88 Å². The standard InChI is InChI=1S/C12H18N4O/c1-9-7-12(13)14-8-11(9)16-5-3-15(4-6-16)10(2)17/h7-8H,3-6H2,1-2H3,(H2,13,14). The largest absolute Gasteiger partial charge is 0.384 e. The van der Waals surface area contributed by atoms with E-state index in [1.807, 2.05) is 24.1 Å². The molecule has 2 heterocycles. The first kappa shape index (κ1) is 11.7. The average Bonchev–Trinajstić information content (AvgIpc) is 2.29. The molecule has 0 aromatic carbocycles. The van der Waals surface area contributed by atoms with Crippen LogP contribution in [0.25, 0.3) is 0 Å². The fourth-order valence-electron chi connectivity index (χ4n) is 2.16. The topological polar surface area (TPSA) is 62.5 Å². The van der Waals surface area contributed by atoms with Crippen molar-refractivity contribution in [3.63, 3.8) is 0 Å². The van der Waals surface area contributed by atoms with E-state index in [4.69, 9.17) is 5.73 Å². The second-order valence-electron chi connectivity index (χ2n) is 4.39. The van der Waals surface area contributed by atoms with E-state index < -0.39 is 0 Å². The summed E-state index contributed by atoms with van der Waals surface area (Å²) in [5.41, 5.74) is 7.88. The van der Waals surface area contributed by atoms with Crippen molar-refractivity contribution in [1.29, 1.82) is 0 Å². The maximum absolute atomic E-state index is 11.2. The molecule has 2 rings (SSSR count). The number of pyridine rings is 1. The van der Waals surface area contributed by atoms with Gasteiger partial charge in [-0.3, -0.25) is 4.79 Å². The fraction of sp³-hybridized carbons (Fsp3) is 0.500. The van der Waals surface area contributed by atoms with Crippen LogP contribution in [0.15, 0.2) is 12.3 Å². The molecule has 2 N–H and O–H groups in total. The highest BCUT2D eigenvalue weighted by atomic mass is 16.2. The molecule has 1 saturated heterocycles. The van der Waals surface area contributed by atoms with Crippen molar-refractivity contribution in [2.24, 2.45) is 0 Å². The van der Waals surface area contributed by atoms with E-state index in [1.54, 1.807) is 6.92 Å². The summed E-state index contributed by atoms with van der Waals surface area (Å²) in [6, 6.07) is 1.88. The summed E-state index contributed by atoms with van der Waals surface area (Å²) in [4.78, 5) is 19.5. The lowest BCUT2D eigenvalue weighted by molar-refractivity contribution is -0.129. The minimum Gasteiger partial charge on any atom is -0.384 e. The summed E-state index contributed by atoms with van der Waals surface area (Å²) in [6.07, 6.45) is 1.81. The Kier molecular flexibility index (Phi) is 3.17. The van der Waals surface area contributed by atoms with Gasteiger partial charge < -0.3 is 15.5 Å². The summed E-state index contributed by atoms with van der Waals surface area (Å²) < 4.78 is 0. The second-order valence-corrected chi connectivity index (χ2v) is 4.39. The van der Waals surface area contributed by atoms with Crippen LogP contribution in [0.2, 0.25) is 0 Å². The molecule has 0 saturated carbocycles. The molecule has 0 atom stereocenters. The smallest absolute Gasteiger partial charge is 0.219 e. The van der Waals surface area contributed by atoms with Gasteiger partial charge in [0.1, 0.15) is 5.82 Å². The number of aryl methyl sites for hydroxylation is 1. The van der Waals surface area contributed by atoms with E-state index in [-0.39, 0.29) is 5.91 Å². The van der Waals surface area contributed by atoms with Gasteiger partial charge in [-0.15, -0.1) is 0 Å². The number of hydrogen-bond acceptors (Lipinski definition) is 4. The molecule has 0 aliphatic carbocycles. The summed E-state index contributed by atoms with van der Waals surface area (Å²) in [5, 5.41) is 0. The first-order valence-corrected chi connectivity index (χ1v) is 5.80. The number of piperazine rings is 1. The molecule has 1 aromatic rings. The molecule has 1 aromatic heterocycles. The quantitative estimate of drug-likeness (QED) is 0.774. The predicted octanol–water partition coefficient (Wildman–Crippen LogP) is 0.641. The molecular formula is C12H18N4O. The zero-order chi connectivity index (χ0) is 12.4. The third-order valence-electron chi connectivity index (χ3n) is 3.17. The molecule has 1 aliphatic rings. The lowest BCUT2D eigenvalue weighted by atomic mass is 10.2. The molecule has 17 heavy (non-hydrogen) atoms. The Morgan fingerprint density at radius 1 is 1.35 bits per heavy atom. The fourth-order valence-corrected chi connectivity index (χ4v) is 2.16. The molecule has 5 nitrogen and oxygen atoms in total. The average molecular weight is 234 g/mol. The normalized spacial score (nSPS) is 16.1. The number of carbonyl (C=O) groups excluding carboxylic acids is 1. The Hall–Kier alpha value is -1.78. The minimum absolute atomic E-state index is 0.150. The van der Waals surface area contributed by atoms with E-state index in [0.717, 1.165) is 37.4 Å². The van der Waals surface area contributed by atoms with Gasteiger partial charge in [-0.05, 0) is 18.6 Å². The molecule has 1 fully saturated rings. The van der Waals surface area contributed by atoms with E-state index in [9.17, 15) is 4.79 Å². The van der Waals surface area contributed by atoms with Gasteiger partial charge in [0.05, 0.1) is 11.9 Å². The first-order valence-electron chi connectivity index (χ1n) is 5.80. The Bertz CT molecular complexity index is 425. The third-order valence-corrected chi connectivity index (χ3v) is 3.17. The van der Waals surface area contributed by atoms with Crippen molar-refractivity contribution in [3.05, 3.63) is 17.8 Å². The molecule has 0 bridgehead atoms. The lowest BCUT2D eigenvalue weighted by Gasteiger charge is -2.36. The number of aromatic nitrogens is 1. The molecular weight excluding hydrogens is 216 g/mol. The van der Waals surface area contributed by atoms with Gasteiger partial charge in [-0.2, -0.15) is 0 Å². The molecule has 0 spiro atoms. The summed E-state index contributed by atoms with van der Waals surface area (Å²) in [6.45, 7) is 6.91. The van der Waals surface area contributed by atoms with E-state index >= 15 is 0 Å². The van der Waals surface area contributed by atoms with Crippen LogP contribution in [0.5, 0.6) is 0 Å². The molecule has 1 aliphatic heterocycles. The van der Waals surface area contributed by atoms with Crippen LogP contribution in [0.3, 0.4) is 0 Å². The number of nitrogens with two attached hydrogens (primary N) is 1. The van der Waals surface area contributed by atoms with Crippen LogP contribution in [0.4, 0.5) is 11.5 Å². The van der Waals surface area contributed by atoms with Crippen LogP contribution in [0.1, 0.15) is 12.5 Å². The van der Waals surface area contributed by atoms with Gasteiger partial charge in [0, 0.05) is 33.1 Å². The van der Waals surface area contributed by atoms with Gasteiger partial charge in [-0.1, -0.05) is 0 Å². The number of hydrogen-bond donors (Lipinski definition) is 1. The van der Waals surface area contributed by atoms with Gasteiger partial charge >= 0.3 is 0 Å². The van der Waals surface area contributed by atoms with Crippen molar-refractivity contribution >= 4 is 17.4 Å². The number of anilines is 2.